The maximum Gasteiger partial charge on any atom is 0.149 e. The summed E-state index contributed by atoms with van der Waals surface area (Å²) in [4.78, 5) is 0. The van der Waals surface area contributed by atoms with Crippen molar-refractivity contribution in [3.8, 4) is 0 Å². The molecule has 0 saturated carbocycles. The highest BCUT2D eigenvalue weighted by atomic mass is 79.9. The number of sulfone groups is 1. The van der Waals surface area contributed by atoms with Crippen molar-refractivity contribution in [2.75, 3.05) is 18.6 Å². The zero-order chi connectivity index (χ0) is 13.9. The zero-order valence-corrected chi connectivity index (χ0v) is 14.6. The van der Waals surface area contributed by atoms with Crippen LogP contribution in [0, 0.1) is 6.92 Å². The molecule has 0 aliphatic heterocycles. The fourth-order valence-electron chi connectivity index (χ4n) is 1.74. The molecule has 1 aromatic carbocycles. The van der Waals surface area contributed by atoms with E-state index in [1.807, 2.05) is 26.0 Å². The van der Waals surface area contributed by atoms with Gasteiger partial charge in [0.25, 0.3) is 0 Å². The van der Waals surface area contributed by atoms with Gasteiger partial charge in [-0.1, -0.05) is 38.8 Å². The Morgan fingerprint density at radius 1 is 1.28 bits per heavy atom. The molecule has 1 N–H and O–H groups in total. The average molecular weight is 399 g/mol. The number of rotatable bonds is 5. The van der Waals surface area contributed by atoms with Crippen molar-refractivity contribution < 1.29 is 8.42 Å². The maximum absolute atomic E-state index is 11.5. The number of hydrogen-bond acceptors (Lipinski definition) is 3. The molecule has 0 aliphatic carbocycles. The third-order valence-corrected chi connectivity index (χ3v) is 5.05. The summed E-state index contributed by atoms with van der Waals surface area (Å²) in [6, 6.07) is 3.76. The van der Waals surface area contributed by atoms with Crippen LogP contribution in [-0.2, 0) is 9.84 Å². The van der Waals surface area contributed by atoms with Crippen LogP contribution in [0.25, 0.3) is 0 Å². The van der Waals surface area contributed by atoms with Gasteiger partial charge in [0, 0.05) is 21.2 Å². The lowest BCUT2D eigenvalue weighted by molar-refractivity contribution is 0.562. The fourth-order valence-corrected chi connectivity index (χ4v) is 3.73. The average Bonchev–Trinajstić information content (AvgIpc) is 2.21. The van der Waals surface area contributed by atoms with Crippen LogP contribution >= 0.6 is 31.9 Å². The SMILES string of the molecule is CCNC(CS(C)(=O)=O)c1cc(Br)c(C)cc1Br. The monoisotopic (exact) mass is 397 g/mol. The molecule has 0 spiro atoms. The zero-order valence-electron chi connectivity index (χ0n) is 10.6. The topological polar surface area (TPSA) is 46.2 Å². The Morgan fingerprint density at radius 2 is 1.89 bits per heavy atom. The van der Waals surface area contributed by atoms with Gasteiger partial charge in [-0.2, -0.15) is 0 Å². The molecule has 1 rings (SSSR count). The van der Waals surface area contributed by atoms with Crippen LogP contribution in [0.4, 0.5) is 0 Å². The third-order valence-electron chi connectivity index (χ3n) is 2.57. The van der Waals surface area contributed by atoms with E-state index in [1.54, 1.807) is 0 Å². The summed E-state index contributed by atoms with van der Waals surface area (Å²) in [6.07, 6.45) is 1.26. The van der Waals surface area contributed by atoms with E-state index in [2.05, 4.69) is 37.2 Å². The van der Waals surface area contributed by atoms with Crippen molar-refractivity contribution in [3.63, 3.8) is 0 Å². The molecule has 0 radical (unpaired) electrons. The molecule has 0 heterocycles. The minimum Gasteiger partial charge on any atom is -0.309 e. The van der Waals surface area contributed by atoms with E-state index in [0.29, 0.717) is 0 Å². The summed E-state index contributed by atoms with van der Waals surface area (Å²) >= 11 is 6.98. The number of nitrogens with one attached hydrogen (secondary N) is 1. The van der Waals surface area contributed by atoms with Crippen molar-refractivity contribution >= 4 is 41.7 Å². The molecule has 0 amide bonds. The Bertz CT molecular complexity index is 529. The highest BCUT2D eigenvalue weighted by Gasteiger charge is 2.19. The van der Waals surface area contributed by atoms with Crippen LogP contribution in [0.3, 0.4) is 0 Å². The second-order valence-corrected chi connectivity index (χ2v) is 8.22. The predicted molar refractivity (Wildman–Crippen MR) is 82.7 cm³/mol. The molecule has 0 fully saturated rings. The molecule has 1 unspecified atom stereocenters. The molecule has 18 heavy (non-hydrogen) atoms. The van der Waals surface area contributed by atoms with E-state index in [9.17, 15) is 8.42 Å². The van der Waals surface area contributed by atoms with Gasteiger partial charge in [0.15, 0.2) is 0 Å². The number of hydrogen-bond donors (Lipinski definition) is 1. The van der Waals surface area contributed by atoms with Gasteiger partial charge in [0.05, 0.1) is 5.75 Å². The van der Waals surface area contributed by atoms with Crippen LogP contribution in [0.1, 0.15) is 24.1 Å². The van der Waals surface area contributed by atoms with Crippen LogP contribution in [0.2, 0.25) is 0 Å². The van der Waals surface area contributed by atoms with Gasteiger partial charge in [-0.3, -0.25) is 0 Å². The molecular weight excluding hydrogens is 382 g/mol. The molecule has 0 saturated heterocycles. The first-order valence-electron chi connectivity index (χ1n) is 5.61. The molecule has 6 heteroatoms. The summed E-state index contributed by atoms with van der Waals surface area (Å²) in [5, 5.41) is 3.21. The van der Waals surface area contributed by atoms with Crippen molar-refractivity contribution in [2.45, 2.75) is 19.9 Å². The van der Waals surface area contributed by atoms with E-state index in [0.717, 1.165) is 26.6 Å². The molecular formula is C12H17Br2NO2S. The minimum absolute atomic E-state index is 0.0922. The van der Waals surface area contributed by atoms with Crippen molar-refractivity contribution in [2.24, 2.45) is 0 Å². The lowest BCUT2D eigenvalue weighted by Crippen LogP contribution is -2.28. The summed E-state index contributed by atoms with van der Waals surface area (Å²) in [6.45, 7) is 4.68. The Hall–Kier alpha value is 0.0900. The van der Waals surface area contributed by atoms with Gasteiger partial charge in [0.1, 0.15) is 9.84 Å². The first-order valence-corrected chi connectivity index (χ1v) is 9.26. The Kier molecular flexibility index (Phi) is 5.83. The van der Waals surface area contributed by atoms with Crippen molar-refractivity contribution in [3.05, 3.63) is 32.2 Å². The van der Waals surface area contributed by atoms with Crippen LogP contribution in [-0.4, -0.2) is 27.0 Å². The van der Waals surface area contributed by atoms with Crippen LogP contribution in [0.15, 0.2) is 21.1 Å². The van der Waals surface area contributed by atoms with E-state index in [-0.39, 0.29) is 11.8 Å². The second-order valence-electron chi connectivity index (χ2n) is 4.33. The van der Waals surface area contributed by atoms with E-state index in [4.69, 9.17) is 0 Å². The maximum atomic E-state index is 11.5. The molecule has 0 aliphatic rings. The van der Waals surface area contributed by atoms with Gasteiger partial charge >= 0.3 is 0 Å². The second kappa shape index (κ2) is 6.50. The van der Waals surface area contributed by atoms with Gasteiger partial charge in [-0.25, -0.2) is 8.42 Å². The van der Waals surface area contributed by atoms with Gasteiger partial charge in [0.2, 0.25) is 0 Å². The summed E-state index contributed by atoms with van der Waals surface area (Å²) < 4.78 is 24.9. The smallest absolute Gasteiger partial charge is 0.149 e. The number of halogens is 2. The van der Waals surface area contributed by atoms with E-state index in [1.165, 1.54) is 6.26 Å². The first kappa shape index (κ1) is 16.1. The summed E-state index contributed by atoms with van der Waals surface area (Å²) in [5.41, 5.74) is 2.07. The summed E-state index contributed by atoms with van der Waals surface area (Å²) in [7, 11) is -3.03. The Morgan fingerprint density at radius 3 is 2.39 bits per heavy atom. The van der Waals surface area contributed by atoms with Crippen molar-refractivity contribution in [1.82, 2.24) is 5.32 Å². The summed E-state index contributed by atoms with van der Waals surface area (Å²) in [5.74, 6) is 0.0922. The fraction of sp³-hybridized carbons (Fsp3) is 0.500. The third kappa shape index (κ3) is 4.64. The molecule has 102 valence electrons. The standard InChI is InChI=1S/C12H17Br2NO2S/c1-4-15-12(7-18(3,16)17)9-6-10(13)8(2)5-11(9)14/h5-6,12,15H,4,7H2,1-3H3. The molecule has 0 bridgehead atoms. The molecule has 0 aromatic heterocycles. The van der Waals surface area contributed by atoms with E-state index >= 15 is 0 Å². The highest BCUT2D eigenvalue weighted by molar-refractivity contribution is 9.11. The van der Waals surface area contributed by atoms with Gasteiger partial charge in [-0.05, 0) is 36.7 Å². The lowest BCUT2D eigenvalue weighted by atomic mass is 10.1. The lowest BCUT2D eigenvalue weighted by Gasteiger charge is -2.20. The number of benzene rings is 1. The largest absolute Gasteiger partial charge is 0.309 e. The van der Waals surface area contributed by atoms with Gasteiger partial charge < -0.3 is 5.32 Å². The predicted octanol–water partition coefficient (Wildman–Crippen LogP) is 3.22. The van der Waals surface area contributed by atoms with Gasteiger partial charge in [-0.15, -0.1) is 0 Å². The molecule has 1 atom stereocenters. The Labute approximate surface area is 126 Å². The quantitative estimate of drug-likeness (QED) is 0.828. The molecule has 3 nitrogen and oxygen atoms in total. The number of aryl methyl sites for hydroxylation is 1. The van der Waals surface area contributed by atoms with Crippen molar-refractivity contribution in [1.29, 1.82) is 0 Å². The van der Waals surface area contributed by atoms with Crippen LogP contribution in [0.5, 0.6) is 0 Å². The van der Waals surface area contributed by atoms with Crippen LogP contribution < -0.4 is 5.32 Å². The normalized spacial score (nSPS) is 13.6. The first-order chi connectivity index (χ1) is 8.24. The minimum atomic E-state index is -3.03. The highest BCUT2D eigenvalue weighted by Crippen LogP contribution is 2.30. The molecule has 1 aromatic rings. The van der Waals surface area contributed by atoms with E-state index < -0.39 is 9.84 Å². The Balaban J connectivity index is 3.17.